The van der Waals surface area contributed by atoms with Gasteiger partial charge in [-0.15, -0.1) is 0 Å². The number of hydrogen-bond donors (Lipinski definition) is 0. The van der Waals surface area contributed by atoms with Crippen LogP contribution in [0.2, 0.25) is 10.0 Å². The third kappa shape index (κ3) is 5.09. The number of carbonyl (C=O) groups excluding carboxylic acids is 1. The molecule has 2 aromatic carbocycles. The van der Waals surface area contributed by atoms with Crippen molar-refractivity contribution in [2.24, 2.45) is 0 Å². The Balaban J connectivity index is 1.40. The van der Waals surface area contributed by atoms with Gasteiger partial charge in [0.25, 0.3) is 11.7 Å². The average Bonchev–Trinajstić information content (AvgIpc) is 2.83. The molecule has 0 bridgehead atoms. The first-order chi connectivity index (χ1) is 15.5. The molecule has 1 fully saturated rings. The monoisotopic (exact) mass is 472 g/mol. The number of methoxy groups -OCH3 is 1. The van der Waals surface area contributed by atoms with Crippen molar-refractivity contribution in [1.82, 2.24) is 4.90 Å². The number of anilines is 1. The zero-order valence-corrected chi connectivity index (χ0v) is 19.2. The van der Waals surface area contributed by atoms with Crippen molar-refractivity contribution in [3.8, 4) is 11.5 Å². The molecule has 1 aliphatic rings. The molecular formula is C24H24Cl2N3O3+. The molecule has 0 atom stereocenters. The summed E-state index contributed by atoms with van der Waals surface area (Å²) in [7, 11) is 1.56. The van der Waals surface area contributed by atoms with Crippen LogP contribution in [0.1, 0.15) is 15.9 Å². The predicted molar refractivity (Wildman–Crippen MR) is 125 cm³/mol. The van der Waals surface area contributed by atoms with E-state index >= 15 is 0 Å². The van der Waals surface area contributed by atoms with Crippen molar-refractivity contribution < 1.29 is 19.3 Å². The van der Waals surface area contributed by atoms with Gasteiger partial charge in [0.1, 0.15) is 19.7 Å². The molecule has 6 nitrogen and oxygen atoms in total. The van der Waals surface area contributed by atoms with Crippen molar-refractivity contribution in [3.63, 3.8) is 0 Å². The summed E-state index contributed by atoms with van der Waals surface area (Å²) in [4.78, 5) is 20.4. The van der Waals surface area contributed by atoms with Crippen LogP contribution < -0.4 is 19.4 Å². The molecule has 4 rings (SSSR count). The van der Waals surface area contributed by atoms with Crippen molar-refractivity contribution in [1.29, 1.82) is 0 Å². The van der Waals surface area contributed by atoms with Crippen LogP contribution in [0.5, 0.6) is 11.5 Å². The Bertz CT molecular complexity index is 1090. The Morgan fingerprint density at radius 2 is 1.81 bits per heavy atom. The van der Waals surface area contributed by atoms with E-state index in [2.05, 4.69) is 9.88 Å². The molecule has 0 spiro atoms. The Morgan fingerprint density at radius 1 is 1.00 bits per heavy atom. The van der Waals surface area contributed by atoms with Gasteiger partial charge in [0.05, 0.1) is 26.4 Å². The van der Waals surface area contributed by atoms with E-state index in [1.165, 1.54) is 0 Å². The van der Waals surface area contributed by atoms with Gasteiger partial charge < -0.3 is 14.4 Å². The van der Waals surface area contributed by atoms with Crippen LogP contribution >= 0.6 is 23.2 Å². The Morgan fingerprint density at radius 3 is 2.50 bits per heavy atom. The maximum absolute atomic E-state index is 13.1. The summed E-state index contributed by atoms with van der Waals surface area (Å²) in [5, 5.41) is 1.11. The molecule has 0 aliphatic carbocycles. The van der Waals surface area contributed by atoms with Crippen molar-refractivity contribution in [2.45, 2.75) is 6.61 Å². The Hall–Kier alpha value is -2.96. The van der Waals surface area contributed by atoms with Crippen LogP contribution in [0.25, 0.3) is 0 Å². The number of aromatic nitrogens is 1. The zero-order valence-electron chi connectivity index (χ0n) is 17.7. The van der Waals surface area contributed by atoms with E-state index < -0.39 is 0 Å². The quantitative estimate of drug-likeness (QED) is 0.534. The van der Waals surface area contributed by atoms with Gasteiger partial charge in [-0.25, -0.2) is 4.98 Å². The van der Waals surface area contributed by atoms with Crippen LogP contribution in [-0.2, 0) is 6.61 Å². The summed E-state index contributed by atoms with van der Waals surface area (Å²) in [6.45, 7) is 3.10. The van der Waals surface area contributed by atoms with E-state index in [0.717, 1.165) is 24.5 Å². The molecular weight excluding hydrogens is 449 g/mol. The van der Waals surface area contributed by atoms with Crippen LogP contribution in [0.4, 0.5) is 5.82 Å². The topological polar surface area (TPSA) is 56.2 Å². The highest BCUT2D eigenvalue weighted by molar-refractivity contribution is 6.35. The fourth-order valence-corrected chi connectivity index (χ4v) is 4.09. The van der Waals surface area contributed by atoms with Crippen LogP contribution in [0.15, 0.2) is 60.8 Å². The summed E-state index contributed by atoms with van der Waals surface area (Å²) < 4.78 is 11.4. The number of nitrogens with one attached hydrogen (secondary N) is 1. The smallest absolute Gasteiger partial charge is 0.274 e. The van der Waals surface area contributed by atoms with E-state index in [1.54, 1.807) is 37.4 Å². The van der Waals surface area contributed by atoms with Gasteiger partial charge in [0.15, 0.2) is 11.5 Å². The third-order valence-corrected chi connectivity index (χ3v) is 6.00. The maximum Gasteiger partial charge on any atom is 0.274 e. The molecule has 1 saturated heterocycles. The Labute approximate surface area is 197 Å². The van der Waals surface area contributed by atoms with Crippen LogP contribution in [0.3, 0.4) is 0 Å². The second kappa shape index (κ2) is 10.1. The van der Waals surface area contributed by atoms with Gasteiger partial charge >= 0.3 is 0 Å². The fourth-order valence-electron chi connectivity index (χ4n) is 3.63. The largest absolute Gasteiger partial charge is 0.493 e. The van der Waals surface area contributed by atoms with Gasteiger partial charge in [0, 0.05) is 27.2 Å². The third-order valence-electron chi connectivity index (χ3n) is 5.41. The van der Waals surface area contributed by atoms with Crippen LogP contribution in [-0.4, -0.2) is 44.1 Å². The minimum absolute atomic E-state index is 0.0210. The van der Waals surface area contributed by atoms with E-state index in [9.17, 15) is 4.79 Å². The van der Waals surface area contributed by atoms with Crippen LogP contribution in [0, 0.1) is 0 Å². The predicted octanol–water partition coefficient (Wildman–Crippen LogP) is 4.36. The number of piperazine rings is 1. The highest BCUT2D eigenvalue weighted by Gasteiger charge is 2.27. The van der Waals surface area contributed by atoms with Gasteiger partial charge in [-0.3, -0.25) is 9.69 Å². The molecule has 0 unspecified atom stereocenters. The number of rotatable bonds is 6. The molecule has 166 valence electrons. The zero-order chi connectivity index (χ0) is 22.5. The molecule has 0 radical (unpaired) electrons. The summed E-state index contributed by atoms with van der Waals surface area (Å²) >= 11 is 12.2. The molecule has 8 heteroatoms. The second-order valence-electron chi connectivity index (χ2n) is 7.42. The molecule has 1 aliphatic heterocycles. The lowest BCUT2D eigenvalue weighted by Crippen LogP contribution is -2.50. The molecule has 32 heavy (non-hydrogen) atoms. The van der Waals surface area contributed by atoms with Gasteiger partial charge in [-0.2, -0.15) is 0 Å². The molecule has 1 amide bonds. The van der Waals surface area contributed by atoms with E-state index in [-0.39, 0.29) is 12.5 Å². The summed E-state index contributed by atoms with van der Waals surface area (Å²) in [6.07, 6.45) is 1.91. The minimum atomic E-state index is -0.0210. The fraction of sp³-hybridized carbons (Fsp3) is 0.250. The molecule has 1 aromatic heterocycles. The highest BCUT2D eigenvalue weighted by Crippen LogP contribution is 2.31. The van der Waals surface area contributed by atoms with Crippen molar-refractivity contribution >= 4 is 34.9 Å². The van der Waals surface area contributed by atoms with Gasteiger partial charge in [-0.1, -0.05) is 35.3 Å². The average molecular weight is 473 g/mol. The van der Waals surface area contributed by atoms with Gasteiger partial charge in [0.2, 0.25) is 0 Å². The number of carbonyl (C=O) groups is 1. The molecule has 2 heterocycles. The molecule has 1 N–H and O–H groups in total. The number of amides is 1. The molecule has 0 saturated carbocycles. The number of H-pyrrole nitrogens is 1. The number of benzene rings is 2. The number of halogens is 2. The molecule has 3 aromatic rings. The number of nitrogens with zero attached hydrogens (tertiary/aromatic N) is 2. The minimum Gasteiger partial charge on any atom is -0.493 e. The normalized spacial score (nSPS) is 13.7. The Kier molecular flexibility index (Phi) is 7.02. The van der Waals surface area contributed by atoms with E-state index in [4.69, 9.17) is 32.7 Å². The summed E-state index contributed by atoms with van der Waals surface area (Å²) in [5.74, 6) is 2.08. The highest BCUT2D eigenvalue weighted by atomic mass is 35.5. The first kappa shape index (κ1) is 22.2. The van der Waals surface area contributed by atoms with Gasteiger partial charge in [-0.05, 0) is 36.4 Å². The first-order valence-electron chi connectivity index (χ1n) is 10.3. The van der Waals surface area contributed by atoms with Crippen molar-refractivity contribution in [2.75, 3.05) is 38.2 Å². The number of pyridine rings is 1. The van der Waals surface area contributed by atoms with E-state index in [1.807, 2.05) is 35.4 Å². The number of ether oxygens (including phenoxy) is 2. The number of hydrogen-bond acceptors (Lipinski definition) is 4. The maximum atomic E-state index is 13.1. The van der Waals surface area contributed by atoms with Crippen molar-refractivity contribution in [3.05, 3.63) is 82.0 Å². The SMILES string of the molecule is COc1cc(C(=O)N2CCN(c3cccc[nH+]3)CC2)ccc1OCc1ccc(Cl)cc1Cl. The lowest BCUT2D eigenvalue weighted by molar-refractivity contribution is -0.364. The lowest BCUT2D eigenvalue weighted by Gasteiger charge is -2.31. The standard InChI is InChI=1S/C24H23Cl2N3O3/c1-31-22-14-17(6-8-21(22)32-16-18-5-7-19(25)15-20(18)26)24(30)29-12-10-28(11-13-29)23-4-2-3-9-27-23/h2-9,14-15H,10-13,16H2,1H3/p+1. The first-order valence-corrected chi connectivity index (χ1v) is 11.1. The second-order valence-corrected chi connectivity index (χ2v) is 8.26. The number of aromatic amines is 1. The summed E-state index contributed by atoms with van der Waals surface area (Å²) in [6, 6.07) is 16.5. The van der Waals surface area contributed by atoms with E-state index in [0.29, 0.717) is 40.2 Å². The lowest BCUT2D eigenvalue weighted by atomic mass is 10.1. The summed E-state index contributed by atoms with van der Waals surface area (Å²) in [5.41, 5.74) is 1.38.